The maximum Gasteiger partial charge on any atom is 0.310 e. The minimum Gasteiger partial charge on any atom is -0.481 e. The maximum absolute atomic E-state index is 13.1. The van der Waals surface area contributed by atoms with Crippen molar-refractivity contribution in [2.45, 2.75) is 212 Å². The van der Waals surface area contributed by atoms with E-state index in [-0.39, 0.29) is 51.6 Å². The van der Waals surface area contributed by atoms with Crippen LogP contribution in [0.3, 0.4) is 0 Å². The molecule has 7 fully saturated rings. The number of hydrogen-bond acceptors (Lipinski definition) is 15. The summed E-state index contributed by atoms with van der Waals surface area (Å²) in [7, 11) is 0. The highest BCUT2D eigenvalue weighted by Gasteiger charge is 2.70. The molecule has 3 heterocycles. The Hall–Kier alpha value is -1.35. The van der Waals surface area contributed by atoms with Crippen LogP contribution < -0.4 is 0 Å². The van der Waals surface area contributed by atoms with Crippen molar-refractivity contribution in [3.8, 4) is 0 Å². The monoisotopic (exact) mass is 897 g/mol. The van der Waals surface area contributed by atoms with Crippen LogP contribution >= 0.6 is 0 Å². The number of carboxylic acid groups (broad SMARTS) is 1. The van der Waals surface area contributed by atoms with Crippen molar-refractivity contribution in [2.24, 2.45) is 50.2 Å². The van der Waals surface area contributed by atoms with Crippen LogP contribution in [0.5, 0.6) is 0 Å². The Kier molecular flexibility index (Phi) is 12.8. The standard InChI is InChI=1S/C47H76O16/c1-22-36(62-39-34(54)32(52)31(51)26(20-48)60-39)33(53)35(55)38(59-22)63-37-30(50)25(49)21-58-40(37)61-29-12-13-44(6)27(43(29,4)5)11-14-46(8)28(44)10-9-23-24-19-42(2,3)15-17-47(24,41(56)57)18-16-45(23,46)7/h9,22,24-40,48-55H,10-21H2,1-8H3,(H,56,57)/t22-,24-,25-,26+,27-,28+,29-,30-,31+,32-,33-,34+,35+,36-,37+,38-,39-,40-,44-,45+,46+,47-/m0/s1. The largest absolute Gasteiger partial charge is 0.481 e. The average Bonchev–Trinajstić information content (AvgIpc) is 3.21. The average molecular weight is 897 g/mol. The van der Waals surface area contributed by atoms with E-state index in [1.54, 1.807) is 0 Å². The number of fused-ring (bicyclic) bond motifs is 7. The van der Waals surface area contributed by atoms with E-state index in [1.165, 1.54) is 12.5 Å². The Balaban J connectivity index is 0.976. The van der Waals surface area contributed by atoms with Gasteiger partial charge in [0.25, 0.3) is 0 Å². The van der Waals surface area contributed by atoms with Crippen LogP contribution in [0, 0.1) is 50.2 Å². The zero-order valence-corrected chi connectivity index (χ0v) is 38.3. The molecule has 3 saturated heterocycles. The number of aliphatic hydroxyl groups excluding tert-OH is 8. The lowest BCUT2D eigenvalue weighted by molar-refractivity contribution is -0.381. The summed E-state index contributed by atoms with van der Waals surface area (Å²) in [4.78, 5) is 13.1. The van der Waals surface area contributed by atoms with Crippen molar-refractivity contribution in [1.82, 2.24) is 0 Å². The summed E-state index contributed by atoms with van der Waals surface area (Å²) in [5, 5.41) is 96.0. The molecule has 5 aliphatic carbocycles. The van der Waals surface area contributed by atoms with E-state index in [0.717, 1.165) is 51.4 Å². The van der Waals surface area contributed by atoms with Gasteiger partial charge in [-0.3, -0.25) is 4.79 Å². The van der Waals surface area contributed by atoms with Crippen molar-refractivity contribution in [3.05, 3.63) is 11.6 Å². The van der Waals surface area contributed by atoms with Crippen molar-refractivity contribution < 1.29 is 79.2 Å². The third-order valence-corrected chi connectivity index (χ3v) is 18.9. The highest BCUT2D eigenvalue weighted by atomic mass is 16.8. The zero-order chi connectivity index (χ0) is 46.0. The molecule has 16 heteroatoms. The highest BCUT2D eigenvalue weighted by Crippen LogP contribution is 2.76. The number of carbonyl (C=O) groups is 1. The summed E-state index contributed by atoms with van der Waals surface area (Å²) in [5.41, 5.74) is 0.245. The lowest BCUT2D eigenvalue weighted by Gasteiger charge is -2.71. The molecule has 0 spiro atoms. The van der Waals surface area contributed by atoms with Gasteiger partial charge in [-0.25, -0.2) is 0 Å². The second-order valence-corrected chi connectivity index (χ2v) is 23.0. The van der Waals surface area contributed by atoms with Crippen LogP contribution in [0.4, 0.5) is 0 Å². The van der Waals surface area contributed by atoms with E-state index in [1.807, 2.05) is 0 Å². The SMILES string of the molecule is C[C@@H]1O[C@@H](O[C@H]2[C@H](O[C@H]3CC[C@]4(C)[C@H]5CC=C6[C@@H]7CC(C)(C)CC[C@]7(C(=O)O)CC[C@@]6(C)[C@]5(C)CC[C@H]4C3(C)C)OC[C@H](O)[C@@H]2O)[C@H](O)[C@H](O)[C@H]1O[C@@H]1O[C@H](CO)[C@@H](O)[C@H](O)[C@H]1O. The van der Waals surface area contributed by atoms with Crippen LogP contribution in [0.15, 0.2) is 11.6 Å². The molecule has 22 atom stereocenters. The molecule has 0 unspecified atom stereocenters. The van der Waals surface area contributed by atoms with Gasteiger partial charge in [-0.15, -0.1) is 0 Å². The Labute approximate surface area is 371 Å². The molecule has 9 N–H and O–H groups in total. The van der Waals surface area contributed by atoms with Crippen molar-refractivity contribution >= 4 is 5.97 Å². The zero-order valence-electron chi connectivity index (χ0n) is 38.3. The van der Waals surface area contributed by atoms with Gasteiger partial charge in [0, 0.05) is 0 Å². The number of aliphatic hydroxyl groups is 8. The fourth-order valence-electron chi connectivity index (χ4n) is 14.8. The molecule has 8 rings (SSSR count). The number of allylic oxidation sites excluding steroid dienone is 2. The van der Waals surface area contributed by atoms with Crippen LogP contribution in [0.2, 0.25) is 0 Å². The third-order valence-electron chi connectivity index (χ3n) is 18.9. The molecule has 8 aliphatic rings. The van der Waals surface area contributed by atoms with Gasteiger partial charge >= 0.3 is 5.97 Å². The first-order valence-electron chi connectivity index (χ1n) is 23.6. The van der Waals surface area contributed by atoms with E-state index in [0.29, 0.717) is 18.8 Å². The number of hydrogen-bond donors (Lipinski definition) is 9. The molecular weight excluding hydrogens is 821 g/mol. The number of aliphatic carboxylic acids is 1. The molecule has 0 aromatic carbocycles. The Morgan fingerprint density at radius 1 is 0.714 bits per heavy atom. The number of rotatable bonds is 8. The summed E-state index contributed by atoms with van der Waals surface area (Å²) in [6, 6.07) is 0. The Morgan fingerprint density at radius 2 is 1.37 bits per heavy atom. The summed E-state index contributed by atoms with van der Waals surface area (Å²) < 4.78 is 36.3. The van der Waals surface area contributed by atoms with Gasteiger partial charge in [-0.2, -0.15) is 0 Å². The molecule has 4 saturated carbocycles. The summed E-state index contributed by atoms with van der Waals surface area (Å²) in [6.07, 6.45) is -9.90. The van der Waals surface area contributed by atoms with Gasteiger partial charge in [0.05, 0.1) is 30.8 Å². The first-order chi connectivity index (χ1) is 29.4. The Morgan fingerprint density at radius 3 is 2.05 bits per heavy atom. The van der Waals surface area contributed by atoms with Gasteiger partial charge < -0.3 is 74.4 Å². The predicted octanol–water partition coefficient (Wildman–Crippen LogP) is 2.37. The van der Waals surface area contributed by atoms with Crippen molar-refractivity contribution in [1.29, 1.82) is 0 Å². The molecule has 0 bridgehead atoms. The smallest absolute Gasteiger partial charge is 0.310 e. The van der Waals surface area contributed by atoms with Crippen LogP contribution in [-0.4, -0.2) is 157 Å². The van der Waals surface area contributed by atoms with Gasteiger partial charge in [-0.05, 0) is 116 Å². The van der Waals surface area contributed by atoms with Gasteiger partial charge in [0.15, 0.2) is 18.9 Å². The minimum absolute atomic E-state index is 0.0224. The molecule has 16 nitrogen and oxygen atoms in total. The predicted molar refractivity (Wildman–Crippen MR) is 223 cm³/mol. The number of ether oxygens (including phenoxy) is 6. The fourth-order valence-corrected chi connectivity index (χ4v) is 14.8. The molecule has 3 aliphatic heterocycles. The van der Waals surface area contributed by atoms with E-state index in [4.69, 9.17) is 28.4 Å². The second-order valence-electron chi connectivity index (χ2n) is 23.0. The first kappa shape index (κ1) is 48.1. The van der Waals surface area contributed by atoms with Gasteiger partial charge in [-0.1, -0.05) is 60.1 Å². The van der Waals surface area contributed by atoms with E-state index in [2.05, 4.69) is 54.5 Å². The molecule has 0 aromatic heterocycles. The lowest BCUT2D eigenvalue weighted by Crippen LogP contribution is -2.66. The van der Waals surface area contributed by atoms with E-state index in [9.17, 15) is 50.8 Å². The highest BCUT2D eigenvalue weighted by molar-refractivity contribution is 5.76. The lowest BCUT2D eigenvalue weighted by atomic mass is 9.33. The van der Waals surface area contributed by atoms with E-state index >= 15 is 0 Å². The molecule has 63 heavy (non-hydrogen) atoms. The molecule has 0 radical (unpaired) electrons. The van der Waals surface area contributed by atoms with Crippen molar-refractivity contribution in [2.75, 3.05) is 13.2 Å². The first-order valence-corrected chi connectivity index (χ1v) is 23.6. The number of carboxylic acids is 1. The topological polar surface area (TPSA) is 255 Å². The minimum atomic E-state index is -1.77. The quantitative estimate of drug-likeness (QED) is 0.125. The molecular formula is C47H76O16. The third kappa shape index (κ3) is 7.51. The summed E-state index contributed by atoms with van der Waals surface area (Å²) in [5.74, 6) is 0.0409. The fraction of sp³-hybridized carbons (Fsp3) is 0.936. The van der Waals surface area contributed by atoms with Gasteiger partial charge in [0.1, 0.15) is 61.0 Å². The van der Waals surface area contributed by atoms with Crippen molar-refractivity contribution in [3.63, 3.8) is 0 Å². The van der Waals surface area contributed by atoms with Gasteiger partial charge in [0.2, 0.25) is 0 Å². The molecule has 0 aromatic rings. The molecule has 360 valence electrons. The normalized spacial score (nSPS) is 54.1. The second kappa shape index (κ2) is 16.7. The Bertz CT molecular complexity index is 1720. The summed E-state index contributed by atoms with van der Waals surface area (Å²) >= 11 is 0. The molecule has 0 amide bonds. The maximum atomic E-state index is 13.1. The van der Waals surface area contributed by atoms with Crippen LogP contribution in [-0.2, 0) is 33.2 Å². The van der Waals surface area contributed by atoms with E-state index < -0.39 is 104 Å². The van der Waals surface area contributed by atoms with Crippen LogP contribution in [0.1, 0.15) is 120 Å². The van der Waals surface area contributed by atoms with Crippen LogP contribution in [0.25, 0.3) is 0 Å². The summed E-state index contributed by atoms with van der Waals surface area (Å²) in [6.45, 7) is 17.1.